The van der Waals surface area contributed by atoms with Gasteiger partial charge in [-0.3, -0.25) is 4.68 Å². The summed E-state index contributed by atoms with van der Waals surface area (Å²) in [5.41, 5.74) is 1.52. The van der Waals surface area contributed by atoms with Crippen LogP contribution >= 0.6 is 23.4 Å². The molecular formula is C17H19ClN2O4S. The Labute approximate surface area is 155 Å². The second-order valence-corrected chi connectivity index (χ2v) is 6.89. The van der Waals surface area contributed by atoms with Crippen LogP contribution in [0.4, 0.5) is 0 Å². The molecule has 1 N–H and O–H groups in total. The molecule has 6 nitrogen and oxygen atoms in total. The number of aromatic nitrogens is 2. The Kier molecular flexibility index (Phi) is 5.44. The van der Waals surface area contributed by atoms with Gasteiger partial charge in [0.1, 0.15) is 10.6 Å². The van der Waals surface area contributed by atoms with Crippen molar-refractivity contribution < 1.29 is 19.4 Å². The highest BCUT2D eigenvalue weighted by atomic mass is 35.5. The van der Waals surface area contributed by atoms with Gasteiger partial charge in [0, 0.05) is 24.1 Å². The Hall–Kier alpha value is -1.86. The maximum atomic E-state index is 11.8. The van der Waals surface area contributed by atoms with Crippen molar-refractivity contribution in [2.45, 2.75) is 37.8 Å². The first-order valence-corrected chi connectivity index (χ1v) is 9.60. The van der Waals surface area contributed by atoms with E-state index in [0.29, 0.717) is 40.2 Å². The third-order valence-electron chi connectivity index (χ3n) is 4.01. The van der Waals surface area contributed by atoms with Gasteiger partial charge >= 0.3 is 5.97 Å². The van der Waals surface area contributed by atoms with Crippen molar-refractivity contribution in [3.05, 3.63) is 34.0 Å². The molecule has 0 aliphatic carbocycles. The molecule has 0 unspecified atom stereocenters. The quantitative estimate of drug-likeness (QED) is 0.727. The molecule has 0 fully saturated rings. The molecule has 0 amide bonds. The van der Waals surface area contributed by atoms with Crippen LogP contribution in [0.5, 0.6) is 11.5 Å². The summed E-state index contributed by atoms with van der Waals surface area (Å²) in [6.07, 6.45) is 4.14. The lowest BCUT2D eigenvalue weighted by atomic mass is 10.1. The molecule has 0 radical (unpaired) electrons. The summed E-state index contributed by atoms with van der Waals surface area (Å²) in [6, 6.07) is 3.49. The molecule has 1 aliphatic heterocycles. The SMILES string of the molecule is CCCCn1nc(Cc2cc3c(cc2Cl)OCO3)c(C(=O)O)c1SC. The fourth-order valence-electron chi connectivity index (χ4n) is 2.77. The fraction of sp³-hybridized carbons (Fsp3) is 0.412. The second kappa shape index (κ2) is 7.58. The first-order valence-electron chi connectivity index (χ1n) is 8.00. The van der Waals surface area contributed by atoms with Crippen LogP contribution in [0.25, 0.3) is 0 Å². The van der Waals surface area contributed by atoms with Crippen LogP contribution in [0.2, 0.25) is 5.02 Å². The number of carboxylic acid groups (broad SMARTS) is 1. The molecule has 1 aromatic carbocycles. The van der Waals surface area contributed by atoms with E-state index >= 15 is 0 Å². The molecule has 3 rings (SSSR count). The van der Waals surface area contributed by atoms with Crippen LogP contribution in [0.3, 0.4) is 0 Å². The van der Waals surface area contributed by atoms with E-state index in [4.69, 9.17) is 21.1 Å². The highest BCUT2D eigenvalue weighted by Gasteiger charge is 2.25. The third kappa shape index (κ3) is 3.57. The first-order chi connectivity index (χ1) is 12.0. The summed E-state index contributed by atoms with van der Waals surface area (Å²) in [4.78, 5) is 11.8. The van der Waals surface area contributed by atoms with Gasteiger partial charge in [0.15, 0.2) is 11.5 Å². The number of benzene rings is 1. The number of aromatic carboxylic acids is 1. The summed E-state index contributed by atoms with van der Waals surface area (Å²) in [5.74, 6) is 0.247. The lowest BCUT2D eigenvalue weighted by molar-refractivity contribution is 0.0691. The molecule has 2 aromatic rings. The number of thioether (sulfide) groups is 1. The topological polar surface area (TPSA) is 73.6 Å². The molecule has 1 aromatic heterocycles. The summed E-state index contributed by atoms with van der Waals surface area (Å²) in [5, 5.41) is 15.4. The van der Waals surface area contributed by atoms with Gasteiger partial charge in [-0.2, -0.15) is 5.10 Å². The molecule has 25 heavy (non-hydrogen) atoms. The van der Waals surface area contributed by atoms with E-state index in [1.807, 2.05) is 6.26 Å². The molecule has 0 atom stereocenters. The summed E-state index contributed by atoms with van der Waals surface area (Å²) < 4.78 is 12.5. The van der Waals surface area contributed by atoms with Crippen molar-refractivity contribution in [3.63, 3.8) is 0 Å². The average molecular weight is 383 g/mol. The molecular weight excluding hydrogens is 364 g/mol. The largest absolute Gasteiger partial charge is 0.478 e. The standard InChI is InChI=1S/C17H19ClN2O4S/c1-3-4-5-20-16(25-2)15(17(21)22)12(19-20)6-10-7-13-14(8-11(10)18)24-9-23-13/h7-8H,3-6,9H2,1-2H3,(H,21,22). The molecule has 0 saturated carbocycles. The van der Waals surface area contributed by atoms with Gasteiger partial charge in [0.2, 0.25) is 6.79 Å². The average Bonchev–Trinajstić information content (AvgIpc) is 3.16. The van der Waals surface area contributed by atoms with E-state index < -0.39 is 5.97 Å². The van der Waals surface area contributed by atoms with Crippen molar-refractivity contribution in [3.8, 4) is 11.5 Å². The van der Waals surface area contributed by atoms with Crippen molar-refractivity contribution in [1.82, 2.24) is 9.78 Å². The van der Waals surface area contributed by atoms with Crippen LogP contribution < -0.4 is 9.47 Å². The van der Waals surface area contributed by atoms with Crippen molar-refractivity contribution >= 4 is 29.3 Å². The number of ether oxygens (including phenoxy) is 2. The molecule has 2 heterocycles. The Balaban J connectivity index is 1.99. The minimum atomic E-state index is -0.973. The van der Waals surface area contributed by atoms with Gasteiger partial charge in [0.25, 0.3) is 0 Å². The molecule has 134 valence electrons. The molecule has 0 saturated heterocycles. The highest BCUT2D eigenvalue weighted by Crippen LogP contribution is 2.38. The number of carboxylic acids is 1. The zero-order valence-corrected chi connectivity index (χ0v) is 15.6. The molecule has 8 heteroatoms. The number of unbranched alkanes of at least 4 members (excludes halogenated alkanes) is 1. The van der Waals surface area contributed by atoms with Gasteiger partial charge in [-0.25, -0.2) is 4.79 Å². The molecule has 0 spiro atoms. The normalized spacial score (nSPS) is 12.6. The fourth-order valence-corrected chi connectivity index (χ4v) is 3.75. The van der Waals surface area contributed by atoms with Crippen LogP contribution in [0.1, 0.15) is 41.4 Å². The van der Waals surface area contributed by atoms with Crippen molar-refractivity contribution in [2.75, 3.05) is 13.0 Å². The molecule has 1 aliphatic rings. The second-order valence-electron chi connectivity index (χ2n) is 5.69. The number of hydrogen-bond acceptors (Lipinski definition) is 5. The van der Waals surface area contributed by atoms with Gasteiger partial charge in [0.05, 0.1) is 5.69 Å². The van der Waals surface area contributed by atoms with Crippen LogP contribution in [-0.2, 0) is 13.0 Å². The Morgan fingerprint density at radius 1 is 1.40 bits per heavy atom. The minimum absolute atomic E-state index is 0.164. The predicted molar refractivity (Wildman–Crippen MR) is 96.3 cm³/mol. The van der Waals surface area contributed by atoms with Gasteiger partial charge in [-0.15, -0.1) is 11.8 Å². The zero-order valence-electron chi connectivity index (χ0n) is 14.0. The predicted octanol–water partition coefficient (Wildman–Crippen LogP) is 4.08. The summed E-state index contributed by atoms with van der Waals surface area (Å²) in [7, 11) is 0. The Bertz CT molecular complexity index is 806. The number of fused-ring (bicyclic) bond motifs is 1. The Morgan fingerprint density at radius 2 is 2.12 bits per heavy atom. The number of halogens is 1. The van der Waals surface area contributed by atoms with E-state index in [2.05, 4.69) is 12.0 Å². The van der Waals surface area contributed by atoms with E-state index in [1.54, 1.807) is 16.8 Å². The van der Waals surface area contributed by atoms with Crippen LogP contribution in [0, 0.1) is 0 Å². The number of hydrogen-bond donors (Lipinski definition) is 1. The summed E-state index contributed by atoms with van der Waals surface area (Å²) >= 11 is 7.73. The zero-order chi connectivity index (χ0) is 18.0. The van der Waals surface area contributed by atoms with Crippen molar-refractivity contribution in [2.24, 2.45) is 0 Å². The van der Waals surface area contributed by atoms with Gasteiger partial charge < -0.3 is 14.6 Å². The number of aryl methyl sites for hydroxylation is 1. The summed E-state index contributed by atoms with van der Waals surface area (Å²) in [6.45, 7) is 2.95. The van der Waals surface area contributed by atoms with Gasteiger partial charge in [-0.1, -0.05) is 24.9 Å². The first kappa shape index (κ1) is 17.9. The minimum Gasteiger partial charge on any atom is -0.478 e. The number of carbonyl (C=O) groups is 1. The van der Waals surface area contributed by atoms with Gasteiger partial charge in [-0.05, 0) is 24.3 Å². The van der Waals surface area contributed by atoms with Crippen LogP contribution in [-0.4, -0.2) is 33.9 Å². The van der Waals surface area contributed by atoms with E-state index in [9.17, 15) is 9.90 Å². The smallest absolute Gasteiger partial charge is 0.340 e. The molecule has 0 bridgehead atoms. The third-order valence-corrected chi connectivity index (χ3v) is 5.16. The highest BCUT2D eigenvalue weighted by molar-refractivity contribution is 7.98. The maximum Gasteiger partial charge on any atom is 0.340 e. The van der Waals surface area contributed by atoms with E-state index in [-0.39, 0.29) is 12.4 Å². The monoisotopic (exact) mass is 382 g/mol. The Morgan fingerprint density at radius 3 is 2.76 bits per heavy atom. The number of rotatable bonds is 7. The van der Waals surface area contributed by atoms with Crippen molar-refractivity contribution in [1.29, 1.82) is 0 Å². The van der Waals surface area contributed by atoms with E-state index in [0.717, 1.165) is 18.4 Å². The number of nitrogens with zero attached hydrogens (tertiary/aromatic N) is 2. The lowest BCUT2D eigenvalue weighted by Gasteiger charge is -2.05. The lowest BCUT2D eigenvalue weighted by Crippen LogP contribution is -2.03. The van der Waals surface area contributed by atoms with Crippen LogP contribution in [0.15, 0.2) is 17.2 Å². The maximum absolute atomic E-state index is 11.8. The van der Waals surface area contributed by atoms with E-state index in [1.165, 1.54) is 11.8 Å².